The van der Waals surface area contributed by atoms with Gasteiger partial charge < -0.3 is 20.5 Å². The number of amidine groups is 1. The smallest absolute Gasteiger partial charge is 0.272 e. The van der Waals surface area contributed by atoms with E-state index >= 15 is 0 Å². The molecule has 1 heterocycles. The third-order valence-corrected chi connectivity index (χ3v) is 4.10. The van der Waals surface area contributed by atoms with Gasteiger partial charge in [0.2, 0.25) is 0 Å². The number of anilines is 2. The number of nitrogens with two attached hydrogens (primary N) is 1. The molecule has 0 bridgehead atoms. The fraction of sp³-hybridized carbons (Fsp3) is 0.316. The first-order valence-electron chi connectivity index (χ1n) is 8.36. The van der Waals surface area contributed by atoms with Gasteiger partial charge in [-0.15, -0.1) is 0 Å². The van der Waals surface area contributed by atoms with Crippen LogP contribution in [0.25, 0.3) is 0 Å². The predicted molar refractivity (Wildman–Crippen MR) is 97.4 cm³/mol. The normalized spacial score (nSPS) is 19.7. The molecular formula is C19H20F3N3O2. The van der Waals surface area contributed by atoms with Crippen molar-refractivity contribution in [3.05, 3.63) is 53.8 Å². The molecule has 3 N–H and O–H groups in total. The second kappa shape index (κ2) is 7.87. The molecule has 0 aliphatic carbocycles. The quantitative estimate of drug-likeness (QED) is 0.801. The van der Waals surface area contributed by atoms with E-state index in [9.17, 15) is 13.2 Å². The van der Waals surface area contributed by atoms with Gasteiger partial charge >= 0.3 is 0 Å². The van der Waals surface area contributed by atoms with E-state index in [0.29, 0.717) is 22.8 Å². The fourth-order valence-corrected chi connectivity index (χ4v) is 2.89. The highest BCUT2D eigenvalue weighted by atomic mass is 19.3. The summed E-state index contributed by atoms with van der Waals surface area (Å²) in [6, 6.07) is 11.1. The summed E-state index contributed by atoms with van der Waals surface area (Å²) in [5.74, 6) is 0.137. The van der Waals surface area contributed by atoms with Gasteiger partial charge in [-0.25, -0.2) is 13.2 Å². The second-order valence-corrected chi connectivity index (χ2v) is 6.39. The van der Waals surface area contributed by atoms with Crippen molar-refractivity contribution < 1.29 is 22.6 Å². The number of para-hydroxylation sites is 2. The van der Waals surface area contributed by atoms with E-state index in [1.165, 1.54) is 6.07 Å². The van der Waals surface area contributed by atoms with Crippen molar-refractivity contribution in [1.29, 1.82) is 0 Å². The van der Waals surface area contributed by atoms with Crippen molar-refractivity contribution in [3.63, 3.8) is 0 Å². The van der Waals surface area contributed by atoms with Crippen LogP contribution in [-0.4, -0.2) is 32.1 Å². The van der Waals surface area contributed by atoms with Gasteiger partial charge in [0.1, 0.15) is 36.2 Å². The van der Waals surface area contributed by atoms with Crippen LogP contribution >= 0.6 is 0 Å². The first-order chi connectivity index (χ1) is 12.9. The predicted octanol–water partition coefficient (Wildman–Crippen LogP) is 3.82. The Morgan fingerprint density at radius 1 is 1.30 bits per heavy atom. The summed E-state index contributed by atoms with van der Waals surface area (Å²) in [6.45, 7) is 1.43. The van der Waals surface area contributed by atoms with E-state index < -0.39 is 24.4 Å². The lowest BCUT2D eigenvalue weighted by atomic mass is 9.91. The number of aliphatic imine (C=N–C) groups is 1. The highest BCUT2D eigenvalue weighted by Gasteiger charge is 2.32. The van der Waals surface area contributed by atoms with Gasteiger partial charge in [-0.2, -0.15) is 0 Å². The summed E-state index contributed by atoms with van der Waals surface area (Å²) in [5.41, 5.74) is 6.16. The van der Waals surface area contributed by atoms with Crippen LogP contribution in [0.4, 0.5) is 24.5 Å². The zero-order chi connectivity index (χ0) is 19.4. The molecule has 3 rings (SSSR count). The molecule has 1 aliphatic rings. The van der Waals surface area contributed by atoms with Crippen LogP contribution in [0.15, 0.2) is 47.5 Å². The van der Waals surface area contributed by atoms with Crippen LogP contribution in [-0.2, 0) is 10.3 Å². The third-order valence-electron chi connectivity index (χ3n) is 4.10. The molecule has 144 valence electrons. The Kier molecular flexibility index (Phi) is 5.55. The molecular weight excluding hydrogens is 359 g/mol. The molecule has 8 heteroatoms. The molecule has 2 aromatic carbocycles. The van der Waals surface area contributed by atoms with Gasteiger partial charge in [0.25, 0.3) is 6.43 Å². The zero-order valence-corrected chi connectivity index (χ0v) is 14.7. The van der Waals surface area contributed by atoms with Gasteiger partial charge in [-0.1, -0.05) is 12.1 Å². The Bertz CT molecular complexity index is 845. The van der Waals surface area contributed by atoms with Gasteiger partial charge in [-0.05, 0) is 37.3 Å². The summed E-state index contributed by atoms with van der Waals surface area (Å²) < 4.78 is 49.9. The fourth-order valence-electron chi connectivity index (χ4n) is 2.89. The molecule has 1 aliphatic heterocycles. The molecule has 0 fully saturated rings. The molecule has 0 radical (unpaired) electrons. The number of alkyl halides is 2. The van der Waals surface area contributed by atoms with Crippen molar-refractivity contribution in [2.24, 2.45) is 10.7 Å². The lowest BCUT2D eigenvalue weighted by molar-refractivity contribution is 0.0823. The Morgan fingerprint density at radius 3 is 2.81 bits per heavy atom. The van der Waals surface area contributed by atoms with Crippen molar-refractivity contribution in [3.8, 4) is 5.75 Å². The van der Waals surface area contributed by atoms with Crippen LogP contribution in [0.5, 0.6) is 5.75 Å². The highest BCUT2D eigenvalue weighted by Crippen LogP contribution is 2.34. The molecule has 2 aromatic rings. The van der Waals surface area contributed by atoms with Crippen LogP contribution in [0.1, 0.15) is 12.5 Å². The molecule has 5 nitrogen and oxygen atoms in total. The highest BCUT2D eigenvalue weighted by molar-refractivity contribution is 5.82. The number of nitrogens with one attached hydrogen (secondary N) is 1. The average Bonchev–Trinajstić information content (AvgIpc) is 2.62. The second-order valence-electron chi connectivity index (χ2n) is 6.39. The first-order valence-corrected chi connectivity index (χ1v) is 8.36. The van der Waals surface area contributed by atoms with Crippen LogP contribution in [0.2, 0.25) is 0 Å². The number of ether oxygens (including phenoxy) is 2. The largest absolute Gasteiger partial charge is 0.485 e. The number of nitrogens with zero attached hydrogens (tertiary/aromatic N) is 1. The monoisotopic (exact) mass is 379 g/mol. The number of halogens is 3. The summed E-state index contributed by atoms with van der Waals surface area (Å²) in [7, 11) is 0. The maximum atomic E-state index is 14.5. The standard InChI is InChI=1S/C19H20F3N3O2/c1-19(11-26-10-18(23)25-19)13-8-12(6-7-14(13)20)24-15-4-2-3-5-16(15)27-9-17(21)22/h2-8,17,24H,9-11H2,1H3,(H2,23,25). The van der Waals surface area contributed by atoms with Crippen molar-refractivity contribution in [1.82, 2.24) is 0 Å². The third kappa shape index (κ3) is 4.51. The van der Waals surface area contributed by atoms with E-state index in [0.717, 1.165) is 0 Å². The molecule has 0 saturated carbocycles. The Balaban J connectivity index is 1.89. The van der Waals surface area contributed by atoms with Gasteiger partial charge in [0, 0.05) is 11.3 Å². The number of hydrogen-bond donors (Lipinski definition) is 2. The molecule has 1 unspecified atom stereocenters. The van der Waals surface area contributed by atoms with Crippen molar-refractivity contribution in [2.45, 2.75) is 18.9 Å². The van der Waals surface area contributed by atoms with E-state index in [1.807, 2.05) is 0 Å². The first kappa shape index (κ1) is 19.0. The minimum atomic E-state index is -2.58. The maximum absolute atomic E-state index is 14.5. The maximum Gasteiger partial charge on any atom is 0.272 e. The molecule has 1 atom stereocenters. The average molecular weight is 379 g/mol. The summed E-state index contributed by atoms with van der Waals surface area (Å²) in [6.07, 6.45) is -2.58. The van der Waals surface area contributed by atoms with Crippen molar-refractivity contribution >= 4 is 17.2 Å². The van der Waals surface area contributed by atoms with Gasteiger partial charge in [0.15, 0.2) is 0 Å². The number of benzene rings is 2. The molecule has 0 amide bonds. The lowest BCUT2D eigenvalue weighted by Gasteiger charge is -2.30. The number of rotatable bonds is 6. The van der Waals surface area contributed by atoms with E-state index in [2.05, 4.69) is 10.3 Å². The lowest BCUT2D eigenvalue weighted by Crippen LogP contribution is -2.38. The molecule has 0 spiro atoms. The SMILES string of the molecule is CC1(c2cc(Nc3ccccc3OCC(F)F)ccc2F)COCC(N)=N1. The van der Waals surface area contributed by atoms with E-state index in [-0.39, 0.29) is 19.0 Å². The Hall–Kier alpha value is -2.74. The van der Waals surface area contributed by atoms with Crippen LogP contribution in [0.3, 0.4) is 0 Å². The van der Waals surface area contributed by atoms with E-state index in [4.69, 9.17) is 15.2 Å². The Morgan fingerprint density at radius 2 is 2.07 bits per heavy atom. The van der Waals surface area contributed by atoms with Crippen molar-refractivity contribution in [2.75, 3.05) is 25.1 Å². The zero-order valence-electron chi connectivity index (χ0n) is 14.7. The van der Waals surface area contributed by atoms with Crippen LogP contribution in [0, 0.1) is 5.82 Å². The summed E-state index contributed by atoms with van der Waals surface area (Å²) in [4.78, 5) is 4.35. The summed E-state index contributed by atoms with van der Waals surface area (Å²) in [5, 5.41) is 3.07. The van der Waals surface area contributed by atoms with Gasteiger partial charge in [0.05, 0.1) is 12.3 Å². The Labute approximate surface area is 155 Å². The van der Waals surface area contributed by atoms with Gasteiger partial charge in [-0.3, -0.25) is 4.99 Å². The summed E-state index contributed by atoms with van der Waals surface area (Å²) >= 11 is 0. The minimum absolute atomic E-state index is 0.197. The van der Waals surface area contributed by atoms with Crippen LogP contribution < -0.4 is 15.8 Å². The molecule has 27 heavy (non-hydrogen) atoms. The number of hydrogen-bond acceptors (Lipinski definition) is 5. The van der Waals surface area contributed by atoms with E-state index in [1.54, 1.807) is 43.3 Å². The molecule has 0 saturated heterocycles. The topological polar surface area (TPSA) is 68.9 Å². The molecule has 0 aromatic heterocycles. The minimum Gasteiger partial charge on any atom is -0.485 e.